The molecule has 0 bridgehead atoms. The van der Waals surface area contributed by atoms with Crippen LogP contribution in [0.25, 0.3) is 0 Å². The van der Waals surface area contributed by atoms with E-state index in [1.165, 1.54) is 6.42 Å². The number of aliphatic hydroxyl groups is 1. The van der Waals surface area contributed by atoms with E-state index >= 15 is 0 Å². The lowest BCUT2D eigenvalue weighted by Crippen LogP contribution is -2.44. The summed E-state index contributed by atoms with van der Waals surface area (Å²) >= 11 is 0. The molecular formula is C17H27N3O. The van der Waals surface area contributed by atoms with E-state index in [0.717, 1.165) is 55.5 Å². The third kappa shape index (κ3) is 3.05. The summed E-state index contributed by atoms with van der Waals surface area (Å²) in [6.45, 7) is 7.39. The Morgan fingerprint density at radius 1 is 1.14 bits per heavy atom. The van der Waals surface area contributed by atoms with Crippen molar-refractivity contribution in [2.75, 3.05) is 11.4 Å². The van der Waals surface area contributed by atoms with E-state index in [9.17, 15) is 5.11 Å². The fourth-order valence-electron chi connectivity index (χ4n) is 4.14. The number of aryl methyl sites for hydroxylation is 2. The van der Waals surface area contributed by atoms with Crippen LogP contribution >= 0.6 is 0 Å². The fraction of sp³-hybridized carbons (Fsp3) is 0.765. The number of nitrogens with zero attached hydrogens (tertiary/aromatic N) is 3. The van der Waals surface area contributed by atoms with Crippen LogP contribution in [0.15, 0.2) is 6.07 Å². The lowest BCUT2D eigenvalue weighted by Gasteiger charge is -2.39. The maximum absolute atomic E-state index is 10.5. The van der Waals surface area contributed by atoms with Crippen LogP contribution < -0.4 is 4.90 Å². The van der Waals surface area contributed by atoms with Gasteiger partial charge in [-0.3, -0.25) is 0 Å². The van der Waals surface area contributed by atoms with Crippen LogP contribution in [-0.2, 0) is 0 Å². The third-order valence-corrected chi connectivity index (χ3v) is 5.14. The van der Waals surface area contributed by atoms with E-state index in [1.807, 2.05) is 19.9 Å². The largest absolute Gasteiger partial charge is 0.393 e. The predicted octanol–water partition coefficient (Wildman–Crippen LogP) is 2.86. The van der Waals surface area contributed by atoms with Crippen LogP contribution in [0.3, 0.4) is 0 Å². The van der Waals surface area contributed by atoms with Gasteiger partial charge in [0.2, 0.25) is 5.95 Å². The van der Waals surface area contributed by atoms with Gasteiger partial charge in [0.05, 0.1) is 6.10 Å². The van der Waals surface area contributed by atoms with Crippen molar-refractivity contribution in [1.82, 2.24) is 9.97 Å². The molecule has 2 aliphatic rings. The maximum Gasteiger partial charge on any atom is 0.226 e. The highest BCUT2D eigenvalue weighted by Crippen LogP contribution is 2.38. The average Bonchev–Trinajstić information content (AvgIpc) is 2.89. The normalized spacial score (nSPS) is 33.4. The highest BCUT2D eigenvalue weighted by molar-refractivity contribution is 5.36. The first-order chi connectivity index (χ1) is 10.0. The highest BCUT2D eigenvalue weighted by Gasteiger charge is 2.39. The minimum atomic E-state index is -0.155. The molecule has 4 atom stereocenters. The summed E-state index contributed by atoms with van der Waals surface area (Å²) in [5.74, 6) is 1.96. The lowest BCUT2D eigenvalue weighted by molar-refractivity contribution is 0.0389. The number of hydrogen-bond donors (Lipinski definition) is 1. The number of aliphatic hydroxyl groups excluding tert-OH is 1. The van der Waals surface area contributed by atoms with Crippen LogP contribution in [0.5, 0.6) is 0 Å². The van der Waals surface area contributed by atoms with Gasteiger partial charge in [0.25, 0.3) is 0 Å². The first kappa shape index (κ1) is 14.8. The van der Waals surface area contributed by atoms with Gasteiger partial charge in [0.15, 0.2) is 0 Å². The van der Waals surface area contributed by atoms with E-state index in [-0.39, 0.29) is 6.10 Å². The number of rotatable bonds is 2. The molecule has 0 unspecified atom stereocenters. The molecule has 4 heteroatoms. The van der Waals surface area contributed by atoms with Crippen LogP contribution in [0.4, 0.5) is 5.95 Å². The molecule has 0 spiro atoms. The molecule has 1 saturated carbocycles. The van der Waals surface area contributed by atoms with Gasteiger partial charge in [-0.1, -0.05) is 6.92 Å². The van der Waals surface area contributed by atoms with E-state index in [1.54, 1.807) is 0 Å². The fourth-order valence-corrected chi connectivity index (χ4v) is 4.14. The zero-order chi connectivity index (χ0) is 15.0. The van der Waals surface area contributed by atoms with Gasteiger partial charge in [-0.15, -0.1) is 0 Å². The third-order valence-electron chi connectivity index (χ3n) is 5.14. The van der Waals surface area contributed by atoms with E-state index in [4.69, 9.17) is 0 Å². The topological polar surface area (TPSA) is 49.2 Å². The lowest BCUT2D eigenvalue weighted by atomic mass is 9.76. The molecule has 1 N–H and O–H groups in total. The second kappa shape index (κ2) is 5.91. The molecule has 0 radical (unpaired) electrons. The smallest absolute Gasteiger partial charge is 0.226 e. The van der Waals surface area contributed by atoms with Crippen LogP contribution in [-0.4, -0.2) is 33.8 Å². The summed E-state index contributed by atoms with van der Waals surface area (Å²) in [5.41, 5.74) is 2.06. The Kier molecular flexibility index (Phi) is 4.16. The summed E-state index contributed by atoms with van der Waals surface area (Å²) < 4.78 is 0. The average molecular weight is 289 g/mol. The van der Waals surface area contributed by atoms with Gasteiger partial charge < -0.3 is 10.0 Å². The molecular weight excluding hydrogens is 262 g/mol. The van der Waals surface area contributed by atoms with Crippen molar-refractivity contribution in [2.45, 2.75) is 65.0 Å². The summed E-state index contributed by atoms with van der Waals surface area (Å²) in [5, 5.41) is 10.5. The van der Waals surface area contributed by atoms with Crippen molar-refractivity contribution in [3.8, 4) is 0 Å². The Morgan fingerprint density at radius 3 is 2.57 bits per heavy atom. The molecule has 0 amide bonds. The Bertz CT molecular complexity index is 485. The van der Waals surface area contributed by atoms with Gasteiger partial charge in [-0.25, -0.2) is 9.97 Å². The molecule has 1 aliphatic carbocycles. The number of hydrogen-bond acceptors (Lipinski definition) is 4. The molecule has 2 fully saturated rings. The van der Waals surface area contributed by atoms with Gasteiger partial charge in [-0.05, 0) is 57.9 Å². The van der Waals surface area contributed by atoms with Crippen molar-refractivity contribution < 1.29 is 5.11 Å². The Morgan fingerprint density at radius 2 is 1.86 bits per heavy atom. The van der Waals surface area contributed by atoms with E-state index in [2.05, 4.69) is 21.8 Å². The van der Waals surface area contributed by atoms with Crippen molar-refractivity contribution in [3.63, 3.8) is 0 Å². The summed E-state index contributed by atoms with van der Waals surface area (Å²) in [7, 11) is 0. The molecule has 21 heavy (non-hydrogen) atoms. The number of aromatic nitrogens is 2. The quantitative estimate of drug-likeness (QED) is 0.909. The molecule has 4 nitrogen and oxygen atoms in total. The first-order valence-corrected chi connectivity index (χ1v) is 8.31. The van der Waals surface area contributed by atoms with Crippen LogP contribution in [0.2, 0.25) is 0 Å². The molecule has 1 aliphatic heterocycles. The summed E-state index contributed by atoms with van der Waals surface area (Å²) in [4.78, 5) is 11.6. The Balaban J connectivity index is 1.84. The zero-order valence-corrected chi connectivity index (χ0v) is 13.4. The van der Waals surface area contributed by atoms with Gasteiger partial charge in [-0.2, -0.15) is 0 Å². The van der Waals surface area contributed by atoms with E-state index < -0.39 is 0 Å². The second-order valence-corrected chi connectivity index (χ2v) is 7.00. The molecule has 3 rings (SSSR count). The van der Waals surface area contributed by atoms with Crippen LogP contribution in [0, 0.1) is 25.7 Å². The molecule has 2 heterocycles. The molecule has 1 aromatic heterocycles. The SMILES string of the molecule is Cc1cc(C)nc(N2CCC[C@@H]2[C@@H]2C[C@H](C)CC[C@H]2O)n1. The van der Waals surface area contributed by atoms with Crippen molar-refractivity contribution in [1.29, 1.82) is 0 Å². The minimum absolute atomic E-state index is 0.155. The van der Waals surface area contributed by atoms with Gasteiger partial charge >= 0.3 is 0 Å². The monoisotopic (exact) mass is 289 g/mol. The highest BCUT2D eigenvalue weighted by atomic mass is 16.3. The predicted molar refractivity (Wildman–Crippen MR) is 84.4 cm³/mol. The molecule has 1 aromatic rings. The molecule has 116 valence electrons. The zero-order valence-electron chi connectivity index (χ0n) is 13.4. The van der Waals surface area contributed by atoms with Gasteiger partial charge in [0.1, 0.15) is 0 Å². The van der Waals surface area contributed by atoms with E-state index in [0.29, 0.717) is 12.0 Å². The first-order valence-electron chi connectivity index (χ1n) is 8.31. The van der Waals surface area contributed by atoms with Gasteiger partial charge in [0, 0.05) is 29.9 Å². The van der Waals surface area contributed by atoms with Crippen molar-refractivity contribution in [2.24, 2.45) is 11.8 Å². The van der Waals surface area contributed by atoms with Crippen molar-refractivity contribution >= 4 is 5.95 Å². The summed E-state index contributed by atoms with van der Waals surface area (Å²) in [6.07, 6.45) is 5.42. The van der Waals surface area contributed by atoms with Crippen molar-refractivity contribution in [3.05, 3.63) is 17.5 Å². The molecule has 0 aromatic carbocycles. The Hall–Kier alpha value is -1.16. The second-order valence-electron chi connectivity index (χ2n) is 7.00. The van der Waals surface area contributed by atoms with Crippen LogP contribution in [0.1, 0.15) is 50.4 Å². The molecule has 1 saturated heterocycles. The number of anilines is 1. The Labute approximate surface area is 127 Å². The summed E-state index contributed by atoms with van der Waals surface area (Å²) in [6, 6.07) is 2.43. The standard InChI is InChI=1S/C17H27N3O/c1-11-6-7-16(21)14(9-11)15-5-4-8-20(15)17-18-12(2)10-13(3)19-17/h10-11,14-16,21H,4-9H2,1-3H3/t11-,14+,15-,16-/m1/s1. The maximum atomic E-state index is 10.5. The minimum Gasteiger partial charge on any atom is -0.393 e.